The van der Waals surface area contributed by atoms with E-state index in [0.29, 0.717) is 23.4 Å². The van der Waals surface area contributed by atoms with Crippen LogP contribution in [0.4, 0.5) is 0 Å². The summed E-state index contributed by atoms with van der Waals surface area (Å²) in [5.41, 5.74) is 5.65. The Morgan fingerprint density at radius 3 is 2.61 bits per heavy atom. The summed E-state index contributed by atoms with van der Waals surface area (Å²) in [5, 5.41) is 0.574. The Morgan fingerprint density at radius 1 is 1.30 bits per heavy atom. The molecule has 1 aliphatic rings. The van der Waals surface area contributed by atoms with Crippen LogP contribution in [0.2, 0.25) is 0 Å². The maximum absolute atomic E-state index is 12.8. The number of benzene rings is 1. The number of hydrogen-bond acceptors (Lipinski definition) is 5. The Balaban J connectivity index is 0.00000192. The fraction of sp³-hybridized carbons (Fsp3) is 0.400. The van der Waals surface area contributed by atoms with Gasteiger partial charge in [-0.2, -0.15) is 4.31 Å². The van der Waals surface area contributed by atoms with E-state index < -0.39 is 15.6 Å². The van der Waals surface area contributed by atoms with Gasteiger partial charge in [0.25, 0.3) is 0 Å². The maximum atomic E-state index is 12.8. The number of likely N-dealkylation sites (N-methyl/N-ethyl adjacent to an activating group) is 1. The molecule has 0 amide bonds. The van der Waals surface area contributed by atoms with E-state index in [9.17, 15) is 13.2 Å². The van der Waals surface area contributed by atoms with Gasteiger partial charge in [0.2, 0.25) is 10.0 Å². The molecule has 2 aromatic rings. The Bertz CT molecular complexity index is 861. The van der Waals surface area contributed by atoms with Crippen molar-refractivity contribution in [2.45, 2.75) is 23.8 Å². The monoisotopic (exact) mass is 358 g/mol. The number of rotatable bonds is 5. The summed E-state index contributed by atoms with van der Waals surface area (Å²) in [6, 6.07) is 7.14. The van der Waals surface area contributed by atoms with Gasteiger partial charge in [-0.1, -0.05) is 0 Å². The van der Waals surface area contributed by atoms with Crippen LogP contribution in [0, 0.1) is 5.92 Å². The molecule has 1 fully saturated rings. The number of sulfonamides is 1. The minimum Gasteiger partial charge on any atom is -0.423 e. The molecule has 8 heteroatoms. The lowest BCUT2D eigenvalue weighted by atomic mass is 10.2. The van der Waals surface area contributed by atoms with Crippen LogP contribution in [0.25, 0.3) is 11.0 Å². The fourth-order valence-electron chi connectivity index (χ4n) is 2.67. The highest BCUT2D eigenvalue weighted by molar-refractivity contribution is 7.89. The van der Waals surface area contributed by atoms with Crippen molar-refractivity contribution in [2.75, 3.05) is 13.6 Å². The van der Waals surface area contributed by atoms with Crippen LogP contribution in [0.1, 0.15) is 12.8 Å². The highest BCUT2D eigenvalue weighted by atomic mass is 35.5. The number of hydrogen-bond donors (Lipinski definition) is 1. The Morgan fingerprint density at radius 2 is 2.00 bits per heavy atom. The molecule has 0 aliphatic heterocycles. The first-order valence-corrected chi connectivity index (χ1v) is 8.59. The van der Waals surface area contributed by atoms with Crippen molar-refractivity contribution >= 4 is 33.4 Å². The minimum absolute atomic E-state index is 0. The van der Waals surface area contributed by atoms with Gasteiger partial charge in [0.05, 0.1) is 4.90 Å². The van der Waals surface area contributed by atoms with Crippen LogP contribution in [0.3, 0.4) is 0 Å². The van der Waals surface area contributed by atoms with Crippen molar-refractivity contribution in [2.24, 2.45) is 11.7 Å². The quantitative estimate of drug-likeness (QED) is 0.819. The molecule has 1 unspecified atom stereocenters. The van der Waals surface area contributed by atoms with Gasteiger partial charge < -0.3 is 10.2 Å². The third-order valence-electron chi connectivity index (χ3n) is 4.14. The van der Waals surface area contributed by atoms with Gasteiger partial charge in [-0.25, -0.2) is 13.2 Å². The summed E-state index contributed by atoms with van der Waals surface area (Å²) >= 11 is 0. The average molecular weight is 359 g/mol. The second-order valence-electron chi connectivity index (χ2n) is 5.62. The number of fused-ring (bicyclic) bond motifs is 1. The second kappa shape index (κ2) is 6.60. The third-order valence-corrected chi connectivity index (χ3v) is 6.02. The third kappa shape index (κ3) is 3.42. The molecule has 3 rings (SSSR count). The molecule has 2 N–H and O–H groups in total. The zero-order chi connectivity index (χ0) is 15.9. The molecule has 6 nitrogen and oxygen atoms in total. The van der Waals surface area contributed by atoms with Crippen LogP contribution in [0.15, 0.2) is 44.4 Å². The zero-order valence-corrected chi connectivity index (χ0v) is 14.3. The minimum atomic E-state index is -3.62. The number of halogens is 1. The molecule has 1 aliphatic carbocycles. The summed E-state index contributed by atoms with van der Waals surface area (Å²) < 4.78 is 31.9. The smallest absolute Gasteiger partial charge is 0.336 e. The molecule has 126 valence electrons. The largest absolute Gasteiger partial charge is 0.423 e. The van der Waals surface area contributed by atoms with E-state index in [2.05, 4.69) is 0 Å². The van der Waals surface area contributed by atoms with Gasteiger partial charge in [0.1, 0.15) is 5.58 Å². The van der Waals surface area contributed by atoms with Gasteiger partial charge in [-0.3, -0.25) is 0 Å². The molecule has 0 radical (unpaired) electrons. The van der Waals surface area contributed by atoms with Crippen LogP contribution in [0.5, 0.6) is 0 Å². The summed E-state index contributed by atoms with van der Waals surface area (Å²) in [5.74, 6) is 0.350. The predicted octanol–water partition coefficient (Wildman–Crippen LogP) is 1.57. The second-order valence-corrected chi connectivity index (χ2v) is 7.61. The summed E-state index contributed by atoms with van der Waals surface area (Å²) in [7, 11) is -2.05. The van der Waals surface area contributed by atoms with E-state index in [1.165, 1.54) is 28.6 Å². The van der Waals surface area contributed by atoms with Crippen molar-refractivity contribution in [1.82, 2.24) is 4.31 Å². The highest BCUT2D eigenvalue weighted by Gasteiger charge is 2.38. The lowest BCUT2D eigenvalue weighted by Crippen LogP contribution is -2.43. The van der Waals surface area contributed by atoms with Gasteiger partial charge >= 0.3 is 5.63 Å². The molecule has 1 heterocycles. The number of nitrogens with zero attached hydrogens (tertiary/aromatic N) is 1. The zero-order valence-electron chi connectivity index (χ0n) is 12.6. The van der Waals surface area contributed by atoms with Crippen molar-refractivity contribution in [3.05, 3.63) is 40.8 Å². The topological polar surface area (TPSA) is 93.6 Å². The normalized spacial score (nSPS) is 16.3. The van der Waals surface area contributed by atoms with Crippen LogP contribution in [-0.4, -0.2) is 32.4 Å². The van der Waals surface area contributed by atoms with Gasteiger partial charge in [0.15, 0.2) is 0 Å². The van der Waals surface area contributed by atoms with E-state index in [1.807, 2.05) is 0 Å². The SMILES string of the molecule is CN(C(CN)C1CC1)S(=O)(=O)c1ccc2oc(=O)ccc2c1.Cl. The molecule has 23 heavy (non-hydrogen) atoms. The Kier molecular flexibility index (Phi) is 5.15. The fourth-order valence-corrected chi connectivity index (χ4v) is 4.14. The number of nitrogens with two attached hydrogens (primary N) is 1. The van der Waals surface area contributed by atoms with E-state index in [1.54, 1.807) is 13.1 Å². The van der Waals surface area contributed by atoms with E-state index in [4.69, 9.17) is 10.2 Å². The van der Waals surface area contributed by atoms with E-state index in [0.717, 1.165) is 12.8 Å². The molecule has 1 atom stereocenters. The predicted molar refractivity (Wildman–Crippen MR) is 90.2 cm³/mol. The molecule has 1 aromatic heterocycles. The summed E-state index contributed by atoms with van der Waals surface area (Å²) in [6.45, 7) is 0.308. The first-order chi connectivity index (χ1) is 10.4. The van der Waals surface area contributed by atoms with Gasteiger partial charge in [0, 0.05) is 31.1 Å². The molecule has 0 bridgehead atoms. The summed E-state index contributed by atoms with van der Waals surface area (Å²) in [6.07, 6.45) is 2.04. The molecule has 0 spiro atoms. The summed E-state index contributed by atoms with van der Waals surface area (Å²) in [4.78, 5) is 11.4. The van der Waals surface area contributed by atoms with Gasteiger partial charge in [-0.15, -0.1) is 12.4 Å². The van der Waals surface area contributed by atoms with Gasteiger partial charge in [-0.05, 0) is 43.0 Å². The molecule has 1 aromatic carbocycles. The van der Waals surface area contributed by atoms with Crippen molar-refractivity contribution in [3.63, 3.8) is 0 Å². The van der Waals surface area contributed by atoms with Crippen molar-refractivity contribution in [3.8, 4) is 0 Å². The lowest BCUT2D eigenvalue weighted by molar-refractivity contribution is 0.340. The van der Waals surface area contributed by atoms with Crippen LogP contribution in [-0.2, 0) is 10.0 Å². The average Bonchev–Trinajstić information content (AvgIpc) is 3.32. The Hall–Kier alpha value is -1.41. The Labute approximate surface area is 140 Å². The first kappa shape index (κ1) is 17.9. The maximum Gasteiger partial charge on any atom is 0.336 e. The van der Waals surface area contributed by atoms with Crippen molar-refractivity contribution < 1.29 is 12.8 Å². The van der Waals surface area contributed by atoms with Crippen LogP contribution >= 0.6 is 12.4 Å². The van der Waals surface area contributed by atoms with E-state index in [-0.39, 0.29) is 23.3 Å². The highest BCUT2D eigenvalue weighted by Crippen LogP contribution is 2.36. The van der Waals surface area contributed by atoms with Crippen LogP contribution < -0.4 is 11.4 Å². The van der Waals surface area contributed by atoms with Crippen molar-refractivity contribution in [1.29, 1.82) is 0 Å². The molecule has 0 saturated heterocycles. The molecular weight excluding hydrogens is 340 g/mol. The standard InChI is InChI=1S/C15H18N2O4S.ClH/c1-17(13(9-16)10-2-3-10)22(19,20)12-5-6-14-11(8-12)4-7-15(18)21-14;/h4-8,10,13H,2-3,9,16H2,1H3;1H. The molecular formula is C15H19ClN2O4S. The lowest BCUT2D eigenvalue weighted by Gasteiger charge is -2.26. The first-order valence-electron chi connectivity index (χ1n) is 7.15. The molecule has 1 saturated carbocycles. The van der Waals surface area contributed by atoms with E-state index >= 15 is 0 Å².